The van der Waals surface area contributed by atoms with E-state index >= 15 is 0 Å². The highest BCUT2D eigenvalue weighted by atomic mass is 35.5. The van der Waals surface area contributed by atoms with Gasteiger partial charge in [-0.2, -0.15) is 5.10 Å². The van der Waals surface area contributed by atoms with E-state index in [4.69, 9.17) is 17.3 Å². The minimum absolute atomic E-state index is 0.180. The molecule has 4 nitrogen and oxygen atoms in total. The maximum Gasteiger partial charge on any atom is 0.244 e. The first-order chi connectivity index (χ1) is 10.0. The predicted octanol–water partition coefficient (Wildman–Crippen LogP) is 3.01. The van der Waals surface area contributed by atoms with Crippen molar-refractivity contribution >= 4 is 28.9 Å². The number of nitrogen functional groups attached to an aromatic ring is 1. The summed E-state index contributed by atoms with van der Waals surface area (Å²) in [5.74, 6) is -0.180. The van der Waals surface area contributed by atoms with E-state index < -0.39 is 0 Å². The summed E-state index contributed by atoms with van der Waals surface area (Å²) in [4.78, 5) is 11.8. The van der Waals surface area contributed by atoms with E-state index in [9.17, 15) is 4.79 Å². The van der Waals surface area contributed by atoms with Crippen molar-refractivity contribution in [3.8, 4) is 0 Å². The van der Waals surface area contributed by atoms with Crippen molar-refractivity contribution in [2.24, 2.45) is 5.10 Å². The first kappa shape index (κ1) is 15.1. The SMILES string of the molecule is CC(=NNC(=O)Cc1ccc(Cl)cc1)c1cccc(N)c1. The lowest BCUT2D eigenvalue weighted by molar-refractivity contribution is -0.120. The van der Waals surface area contributed by atoms with Crippen LogP contribution in [-0.4, -0.2) is 11.6 Å². The maximum absolute atomic E-state index is 11.8. The summed E-state index contributed by atoms with van der Waals surface area (Å²) in [6.45, 7) is 1.82. The van der Waals surface area contributed by atoms with E-state index in [-0.39, 0.29) is 12.3 Å². The topological polar surface area (TPSA) is 67.5 Å². The van der Waals surface area contributed by atoms with Gasteiger partial charge in [0.2, 0.25) is 5.91 Å². The van der Waals surface area contributed by atoms with Gasteiger partial charge >= 0.3 is 0 Å². The second-order valence-corrected chi connectivity index (χ2v) is 5.10. The summed E-state index contributed by atoms with van der Waals surface area (Å²) in [5.41, 5.74) is 11.4. The van der Waals surface area contributed by atoms with Gasteiger partial charge in [0.25, 0.3) is 0 Å². The molecule has 0 aromatic heterocycles. The number of carbonyl (C=O) groups is 1. The number of rotatable bonds is 4. The lowest BCUT2D eigenvalue weighted by Crippen LogP contribution is -2.21. The number of nitrogens with two attached hydrogens (primary N) is 1. The molecule has 0 spiro atoms. The molecule has 0 atom stereocenters. The lowest BCUT2D eigenvalue weighted by Gasteiger charge is -2.04. The molecule has 0 radical (unpaired) electrons. The maximum atomic E-state index is 11.8. The second-order valence-electron chi connectivity index (χ2n) is 4.66. The van der Waals surface area contributed by atoms with Crippen molar-refractivity contribution in [1.82, 2.24) is 5.43 Å². The molecule has 2 aromatic carbocycles. The Hall–Kier alpha value is -2.33. The molecule has 21 heavy (non-hydrogen) atoms. The lowest BCUT2D eigenvalue weighted by atomic mass is 10.1. The third-order valence-electron chi connectivity index (χ3n) is 2.93. The Labute approximate surface area is 128 Å². The third kappa shape index (κ3) is 4.61. The largest absolute Gasteiger partial charge is 0.399 e. The molecule has 0 aliphatic rings. The highest BCUT2D eigenvalue weighted by Gasteiger charge is 2.03. The van der Waals surface area contributed by atoms with E-state index in [0.717, 1.165) is 11.1 Å². The number of nitrogens with zero attached hydrogens (tertiary/aromatic N) is 1. The number of carbonyl (C=O) groups excluding carboxylic acids is 1. The van der Waals surface area contributed by atoms with Gasteiger partial charge in [-0.1, -0.05) is 35.9 Å². The first-order valence-electron chi connectivity index (χ1n) is 6.48. The number of nitrogens with one attached hydrogen (secondary N) is 1. The van der Waals surface area contributed by atoms with Gasteiger partial charge < -0.3 is 5.73 Å². The normalized spacial score (nSPS) is 11.2. The van der Waals surface area contributed by atoms with Gasteiger partial charge in [-0.25, -0.2) is 5.43 Å². The van der Waals surface area contributed by atoms with Crippen LogP contribution in [0.2, 0.25) is 5.02 Å². The minimum Gasteiger partial charge on any atom is -0.399 e. The fourth-order valence-corrected chi connectivity index (χ4v) is 1.93. The molecule has 2 rings (SSSR count). The van der Waals surface area contributed by atoms with Gasteiger partial charge in [0, 0.05) is 10.7 Å². The Morgan fingerprint density at radius 1 is 1.24 bits per heavy atom. The summed E-state index contributed by atoms with van der Waals surface area (Å²) in [5, 5.41) is 4.73. The number of benzene rings is 2. The van der Waals surface area contributed by atoms with Gasteiger partial charge in [-0.15, -0.1) is 0 Å². The minimum atomic E-state index is -0.180. The van der Waals surface area contributed by atoms with Gasteiger partial charge in [0.1, 0.15) is 0 Å². The van der Waals surface area contributed by atoms with Gasteiger partial charge in [0.05, 0.1) is 12.1 Å². The standard InChI is InChI=1S/C16H16ClN3O/c1-11(13-3-2-4-15(18)10-13)19-20-16(21)9-12-5-7-14(17)8-6-12/h2-8,10H,9,18H2,1H3,(H,20,21). The fourth-order valence-electron chi connectivity index (χ4n) is 1.80. The highest BCUT2D eigenvalue weighted by Crippen LogP contribution is 2.10. The van der Waals surface area contributed by atoms with Crippen LogP contribution in [0.5, 0.6) is 0 Å². The molecule has 0 unspecified atom stereocenters. The molecule has 0 aliphatic heterocycles. The van der Waals surface area contributed by atoms with E-state index in [1.807, 2.05) is 37.3 Å². The molecule has 0 heterocycles. The second kappa shape index (κ2) is 6.90. The highest BCUT2D eigenvalue weighted by molar-refractivity contribution is 6.30. The van der Waals surface area contributed by atoms with Gasteiger partial charge in [0.15, 0.2) is 0 Å². The van der Waals surface area contributed by atoms with E-state index in [2.05, 4.69) is 10.5 Å². The molecule has 0 fully saturated rings. The van der Waals surface area contributed by atoms with Crippen molar-refractivity contribution in [3.63, 3.8) is 0 Å². The summed E-state index contributed by atoms with van der Waals surface area (Å²) in [6.07, 6.45) is 0.255. The quantitative estimate of drug-likeness (QED) is 0.518. The van der Waals surface area contributed by atoms with E-state index in [1.54, 1.807) is 18.2 Å². The summed E-state index contributed by atoms with van der Waals surface area (Å²) < 4.78 is 0. The van der Waals surface area contributed by atoms with Crippen LogP contribution in [0, 0.1) is 0 Å². The molecule has 108 valence electrons. The van der Waals surface area contributed by atoms with Crippen LogP contribution >= 0.6 is 11.6 Å². The van der Waals surface area contributed by atoms with Crippen molar-refractivity contribution < 1.29 is 4.79 Å². The monoisotopic (exact) mass is 301 g/mol. The Bertz CT molecular complexity index is 665. The zero-order valence-electron chi connectivity index (χ0n) is 11.6. The Balaban J connectivity index is 1.96. The molecule has 0 aliphatic carbocycles. The third-order valence-corrected chi connectivity index (χ3v) is 3.18. The van der Waals surface area contributed by atoms with Crippen LogP contribution in [0.1, 0.15) is 18.1 Å². The zero-order chi connectivity index (χ0) is 15.2. The number of hydrogen-bond donors (Lipinski definition) is 2. The van der Waals surface area contributed by atoms with Gasteiger partial charge in [-0.05, 0) is 42.3 Å². The Kier molecular flexibility index (Phi) is 4.95. The average Bonchev–Trinajstić information content (AvgIpc) is 2.47. The first-order valence-corrected chi connectivity index (χ1v) is 6.86. The molecule has 2 aromatic rings. The number of amides is 1. The van der Waals surface area contributed by atoms with Gasteiger partial charge in [-0.3, -0.25) is 4.79 Å². The number of anilines is 1. The molecule has 0 bridgehead atoms. The molecule has 1 amide bonds. The Morgan fingerprint density at radius 3 is 2.62 bits per heavy atom. The van der Waals surface area contributed by atoms with Crippen molar-refractivity contribution in [3.05, 3.63) is 64.7 Å². The predicted molar refractivity (Wildman–Crippen MR) is 86.4 cm³/mol. The number of hydrogen-bond acceptors (Lipinski definition) is 3. The molecule has 3 N–H and O–H groups in total. The van der Waals surface area contributed by atoms with E-state index in [1.165, 1.54) is 0 Å². The molecular formula is C16H16ClN3O. The zero-order valence-corrected chi connectivity index (χ0v) is 12.4. The Morgan fingerprint density at radius 2 is 1.95 bits per heavy atom. The number of halogens is 1. The van der Waals surface area contributed by atoms with E-state index in [0.29, 0.717) is 16.4 Å². The smallest absolute Gasteiger partial charge is 0.244 e. The van der Waals surface area contributed by atoms with Crippen LogP contribution in [0.4, 0.5) is 5.69 Å². The van der Waals surface area contributed by atoms with Crippen molar-refractivity contribution in [2.75, 3.05) is 5.73 Å². The molecule has 0 saturated carbocycles. The van der Waals surface area contributed by atoms with Crippen LogP contribution in [0.3, 0.4) is 0 Å². The molecular weight excluding hydrogens is 286 g/mol. The fraction of sp³-hybridized carbons (Fsp3) is 0.125. The molecule has 5 heteroatoms. The van der Waals surface area contributed by atoms with Crippen LogP contribution in [-0.2, 0) is 11.2 Å². The van der Waals surface area contributed by atoms with Crippen molar-refractivity contribution in [1.29, 1.82) is 0 Å². The molecule has 0 saturated heterocycles. The summed E-state index contributed by atoms with van der Waals surface area (Å²) in [6, 6.07) is 14.5. The van der Waals surface area contributed by atoms with Crippen molar-refractivity contribution in [2.45, 2.75) is 13.3 Å². The van der Waals surface area contributed by atoms with Crippen LogP contribution in [0.25, 0.3) is 0 Å². The van der Waals surface area contributed by atoms with Crippen LogP contribution < -0.4 is 11.2 Å². The summed E-state index contributed by atoms with van der Waals surface area (Å²) >= 11 is 5.80. The average molecular weight is 302 g/mol. The summed E-state index contributed by atoms with van der Waals surface area (Å²) in [7, 11) is 0. The van der Waals surface area contributed by atoms with Crippen LogP contribution in [0.15, 0.2) is 53.6 Å². The number of hydrazone groups is 1.